The van der Waals surface area contributed by atoms with Crippen LogP contribution in [0, 0.1) is 21.7 Å². The van der Waals surface area contributed by atoms with E-state index in [0.29, 0.717) is 0 Å². The Morgan fingerprint density at radius 1 is 0.295 bits per heavy atom. The van der Waals surface area contributed by atoms with Gasteiger partial charge in [0.25, 0.3) is 0 Å². The van der Waals surface area contributed by atoms with Crippen LogP contribution in [-0.2, 0) is 69.4 Å². The SMILES string of the molecule is CC1(C)[C@@H]2[N-][C@H](c3ccccn3)[C@H]([N-]/C=C3/C=CC=C[N-]3)C(C)(C)[C@@H]2[N-][C@H](c2ccccn2)[C@@H]1N=Cc1ccccn1.CC1(C)[C@H](N=Cc2ccccn2)[C@H](c2ccccn2)[N-][C@H]2[C@@H]1[N-][C@@H](c1ccccn1)[C@@H]([N-]/C=C1/C=CC=C[N-]1)C2(C)C.[Cr+2].[Cr+2].[Cr+2].[Cr+2].c1ccccc1.c1ccccc1.c1ccccc1.c1ccccc1. The first-order chi connectivity index (χ1) is 52.7. The Morgan fingerprint density at radius 2 is 0.545 bits per heavy atom. The van der Waals surface area contributed by atoms with E-state index in [9.17, 15) is 0 Å². The zero-order chi connectivity index (χ0) is 75.3. The molecule has 12 atom stereocenters. The average molecular weight is 1630 g/mol. The van der Waals surface area contributed by atoms with Crippen molar-refractivity contribution in [2.45, 2.75) is 128 Å². The average Bonchev–Trinajstić information content (AvgIpc) is 0.720. The summed E-state index contributed by atoms with van der Waals surface area (Å²) in [5, 5.41) is 41.5. The van der Waals surface area contributed by atoms with E-state index < -0.39 is 0 Å². The van der Waals surface area contributed by atoms with Crippen LogP contribution >= 0.6 is 0 Å². The van der Waals surface area contributed by atoms with E-state index in [2.05, 4.69) is 76.0 Å². The minimum atomic E-state index is -0.361. The van der Waals surface area contributed by atoms with E-state index in [-0.39, 0.29) is 164 Å². The Hall–Kier alpha value is -9.27. The van der Waals surface area contributed by atoms with Crippen molar-refractivity contribution in [1.29, 1.82) is 0 Å². The summed E-state index contributed by atoms with van der Waals surface area (Å²) in [6.45, 7) is 18.1. The Bertz CT molecular complexity index is 4040. The molecule has 16 nitrogen and oxygen atoms in total. The maximum absolute atomic E-state index is 5.55. The van der Waals surface area contributed by atoms with Crippen molar-refractivity contribution in [2.24, 2.45) is 31.6 Å². The monoisotopic (exact) mass is 1630 g/mol. The Kier molecular flexibility index (Phi) is 36.5. The molecule has 4 aromatic carbocycles. The fraction of sp³-hybridized carbons (Fsp3) is 0.261. The van der Waals surface area contributed by atoms with Crippen molar-refractivity contribution >= 4 is 12.4 Å². The second-order valence-corrected chi connectivity index (χ2v) is 29.0. The third-order valence-corrected chi connectivity index (χ3v) is 20.0. The normalized spacial score (nSPS) is 24.6. The molecule has 4 fully saturated rings. The molecule has 12 heterocycles. The number of benzene rings is 4. The van der Waals surface area contributed by atoms with Gasteiger partial charge in [-0.3, -0.25) is 39.9 Å². The summed E-state index contributed by atoms with van der Waals surface area (Å²) in [5.74, 6) is 0. The molecule has 0 aliphatic carbocycles. The molecule has 16 rings (SSSR count). The zero-order valence-corrected chi connectivity index (χ0v) is 69.5. The summed E-state index contributed by atoms with van der Waals surface area (Å²) in [5.41, 5.74) is 5.42. The van der Waals surface area contributed by atoms with Crippen molar-refractivity contribution < 1.29 is 69.4 Å². The smallest absolute Gasteiger partial charge is 0.689 e. The second-order valence-electron chi connectivity index (χ2n) is 29.0. The van der Waals surface area contributed by atoms with Gasteiger partial charge in [0.2, 0.25) is 0 Å². The van der Waals surface area contributed by atoms with Crippen LogP contribution in [0.4, 0.5) is 0 Å². The molecule has 10 aromatic rings. The molecule has 0 amide bonds. The third kappa shape index (κ3) is 24.4. The first-order valence-electron chi connectivity index (χ1n) is 36.9. The predicted octanol–water partition coefficient (Wildman–Crippen LogP) is 22.2. The maximum Gasteiger partial charge on any atom is 2.00 e. The number of nitrogens with zero attached hydrogens (tertiary/aromatic N) is 16. The molecule has 0 unspecified atom stereocenters. The molecule has 6 aliphatic rings. The van der Waals surface area contributed by atoms with Crippen molar-refractivity contribution in [1.82, 2.24) is 29.9 Å². The molecule has 4 saturated heterocycles. The van der Waals surface area contributed by atoms with Gasteiger partial charge in [0.05, 0.1) is 11.4 Å². The molecule has 6 aliphatic heterocycles. The molecule has 0 saturated carbocycles. The fourth-order valence-corrected chi connectivity index (χ4v) is 14.3. The number of piperidine rings is 4. The Balaban J connectivity index is 0.000000231. The van der Waals surface area contributed by atoms with Crippen LogP contribution in [0.2, 0.25) is 0 Å². The van der Waals surface area contributed by atoms with Gasteiger partial charge >= 0.3 is 69.4 Å². The van der Waals surface area contributed by atoms with Crippen LogP contribution < -0.4 is 0 Å². The Labute approximate surface area is 707 Å². The van der Waals surface area contributed by atoms with Gasteiger partial charge in [0.1, 0.15) is 0 Å². The molecular weight excluding hydrogens is 1540 g/mol. The molecule has 112 heavy (non-hydrogen) atoms. The van der Waals surface area contributed by atoms with E-state index >= 15 is 0 Å². The standard InChI is InChI=1S/2C34H36N8.4C6H6.4Cr/c2*1-33(2)29(39-21-23-13-5-9-17-35-23)27(25-15-7-11-19-37-25)42-32-31(33)41-28(26-16-8-12-20-38-26)30(34(32,3)4)40-22-24-14-6-10-18-36-24;4*1-2-4-6-5-3-1;;;;/h2*5-22,27-32H,1-4H3;4*1-6H;;;;/q2*-4;;;;;4*+2/b2*23-21-,40-22?;;;;;;;;/t2*27-,28-,29+,30+,31-,32-;;;;;;;;/m10......../s1. The quantitative estimate of drug-likeness (QED) is 0.108. The van der Waals surface area contributed by atoms with Gasteiger partial charge in [-0.25, -0.2) is 0 Å². The van der Waals surface area contributed by atoms with Crippen LogP contribution in [0.15, 0.2) is 375 Å². The molecular formula is C92H96Cr4N16. The zero-order valence-electron chi connectivity index (χ0n) is 64.4. The van der Waals surface area contributed by atoms with Crippen LogP contribution in [0.5, 0.6) is 0 Å². The van der Waals surface area contributed by atoms with Gasteiger partial charge in [-0.05, 0) is 83.6 Å². The molecule has 568 valence electrons. The van der Waals surface area contributed by atoms with Crippen molar-refractivity contribution in [3.05, 3.63) is 441 Å². The summed E-state index contributed by atoms with van der Waals surface area (Å²) in [7, 11) is 0. The fourth-order valence-electron chi connectivity index (χ4n) is 14.3. The van der Waals surface area contributed by atoms with E-state index in [1.165, 1.54) is 0 Å². The summed E-state index contributed by atoms with van der Waals surface area (Å²) >= 11 is 0. The van der Waals surface area contributed by atoms with Gasteiger partial charge in [-0.2, -0.15) is 36.2 Å². The maximum atomic E-state index is 5.55. The first kappa shape index (κ1) is 89.9. The largest absolute Gasteiger partial charge is 2.00 e. The molecule has 0 radical (unpaired) electrons. The number of fused-ring (bicyclic) bond motifs is 2. The van der Waals surface area contributed by atoms with Crippen LogP contribution in [0.25, 0.3) is 42.5 Å². The van der Waals surface area contributed by atoms with Crippen molar-refractivity contribution in [2.75, 3.05) is 0 Å². The van der Waals surface area contributed by atoms with Gasteiger partial charge < -0.3 is 42.5 Å². The van der Waals surface area contributed by atoms with Crippen molar-refractivity contribution in [3.8, 4) is 0 Å². The van der Waals surface area contributed by atoms with Crippen LogP contribution in [-0.4, -0.2) is 90.7 Å². The number of aliphatic imine (C=N–C) groups is 2. The van der Waals surface area contributed by atoms with Gasteiger partial charge in [0.15, 0.2) is 0 Å². The number of aromatic nitrogens is 6. The number of hydrogen-bond donors (Lipinski definition) is 0. The minimum absolute atomic E-state index is 0. The van der Waals surface area contributed by atoms with E-state index in [0.717, 1.165) is 45.6 Å². The molecule has 0 N–H and O–H groups in total. The summed E-state index contributed by atoms with van der Waals surface area (Å²) in [6, 6.07) is 81.4. The third-order valence-electron chi connectivity index (χ3n) is 20.0. The summed E-state index contributed by atoms with van der Waals surface area (Å²) in [6.07, 6.45) is 33.6. The van der Waals surface area contributed by atoms with E-state index in [4.69, 9.17) is 61.8 Å². The van der Waals surface area contributed by atoms with Gasteiger partial charge in [-0.15, -0.1) is 48.3 Å². The van der Waals surface area contributed by atoms with Crippen LogP contribution in [0.3, 0.4) is 0 Å². The second kappa shape index (κ2) is 45.4. The van der Waals surface area contributed by atoms with Crippen LogP contribution in [0.1, 0.15) is 114 Å². The molecule has 6 aromatic heterocycles. The summed E-state index contributed by atoms with van der Waals surface area (Å²) < 4.78 is 0. The van der Waals surface area contributed by atoms with E-state index in [1.54, 1.807) is 24.8 Å². The molecule has 0 bridgehead atoms. The molecule has 20 heteroatoms. The molecule has 0 spiro atoms. The van der Waals surface area contributed by atoms with Crippen molar-refractivity contribution in [3.63, 3.8) is 0 Å². The number of rotatable bonds is 12. The Morgan fingerprint density at radius 3 is 0.786 bits per heavy atom. The van der Waals surface area contributed by atoms with E-state index in [1.807, 2.05) is 341 Å². The predicted molar refractivity (Wildman–Crippen MR) is 442 cm³/mol. The summed E-state index contributed by atoms with van der Waals surface area (Å²) in [4.78, 5) is 38.3. The number of hydrogen-bond acceptors (Lipinski definition) is 8. The van der Waals surface area contributed by atoms with Gasteiger partial charge in [-0.1, -0.05) is 297 Å². The number of pyridine rings is 6. The van der Waals surface area contributed by atoms with Gasteiger partial charge in [0, 0.05) is 84.5 Å². The number of allylic oxidation sites excluding steroid dienone is 6. The minimum Gasteiger partial charge on any atom is -0.689 e. The topological polar surface area (TPSA) is 215 Å². The first-order valence-corrected chi connectivity index (χ1v) is 36.9.